The molecule has 0 amide bonds. The van der Waals surface area contributed by atoms with E-state index in [-0.39, 0.29) is 6.04 Å². The van der Waals surface area contributed by atoms with Crippen LogP contribution in [0.2, 0.25) is 0 Å². The highest BCUT2D eigenvalue weighted by atomic mass is 32.2. The number of hydrazine groups is 1. The van der Waals surface area contributed by atoms with Crippen molar-refractivity contribution >= 4 is 23.1 Å². The fourth-order valence-corrected chi connectivity index (χ4v) is 3.53. The van der Waals surface area contributed by atoms with Crippen molar-refractivity contribution in [1.29, 1.82) is 0 Å². The van der Waals surface area contributed by atoms with Gasteiger partial charge < -0.3 is 0 Å². The maximum absolute atomic E-state index is 5.66. The predicted molar refractivity (Wildman–Crippen MR) is 81.0 cm³/mol. The first kappa shape index (κ1) is 13.6. The van der Waals surface area contributed by atoms with E-state index < -0.39 is 0 Å². The third kappa shape index (κ3) is 3.36. The standard InChI is InChI=1S/C14H18N2S2/c1-10-3-5-12(6-4-10)18-9-14(16-15)13-7-8-17-11(13)2/h3-8,14,16H,9,15H2,1-2H3. The van der Waals surface area contributed by atoms with Gasteiger partial charge in [0, 0.05) is 15.5 Å². The van der Waals surface area contributed by atoms with Crippen LogP contribution in [0, 0.1) is 13.8 Å². The summed E-state index contributed by atoms with van der Waals surface area (Å²) in [6, 6.07) is 11.0. The average molecular weight is 278 g/mol. The molecule has 1 aromatic carbocycles. The van der Waals surface area contributed by atoms with Crippen molar-refractivity contribution in [2.24, 2.45) is 5.84 Å². The van der Waals surface area contributed by atoms with Crippen LogP contribution in [-0.4, -0.2) is 5.75 Å². The summed E-state index contributed by atoms with van der Waals surface area (Å²) in [7, 11) is 0. The van der Waals surface area contributed by atoms with Crippen molar-refractivity contribution in [3.05, 3.63) is 51.7 Å². The first-order valence-corrected chi connectivity index (χ1v) is 7.77. The van der Waals surface area contributed by atoms with Crippen LogP contribution in [0.5, 0.6) is 0 Å². The van der Waals surface area contributed by atoms with Gasteiger partial charge in [-0.25, -0.2) is 0 Å². The van der Waals surface area contributed by atoms with Crippen molar-refractivity contribution in [3.8, 4) is 0 Å². The van der Waals surface area contributed by atoms with Gasteiger partial charge in [-0.1, -0.05) is 17.7 Å². The van der Waals surface area contributed by atoms with E-state index in [0.29, 0.717) is 0 Å². The van der Waals surface area contributed by atoms with Gasteiger partial charge in [-0.05, 0) is 43.0 Å². The number of nitrogens with two attached hydrogens (primary N) is 1. The fourth-order valence-electron chi connectivity index (χ4n) is 1.80. The Hall–Kier alpha value is -0.810. The second kappa shape index (κ2) is 6.38. The third-order valence-corrected chi connectivity index (χ3v) is 4.88. The molecule has 0 saturated heterocycles. The molecule has 0 fully saturated rings. The molecule has 3 N–H and O–H groups in total. The topological polar surface area (TPSA) is 38.0 Å². The van der Waals surface area contributed by atoms with Crippen molar-refractivity contribution < 1.29 is 0 Å². The molecule has 1 atom stereocenters. The number of thioether (sulfide) groups is 1. The van der Waals surface area contributed by atoms with Gasteiger partial charge in [-0.3, -0.25) is 11.3 Å². The Balaban J connectivity index is 2.00. The molecule has 0 saturated carbocycles. The van der Waals surface area contributed by atoms with Crippen LogP contribution in [0.1, 0.15) is 22.0 Å². The minimum absolute atomic E-state index is 0.211. The second-order valence-corrected chi connectivity index (χ2v) is 6.49. The van der Waals surface area contributed by atoms with Gasteiger partial charge in [0.05, 0.1) is 6.04 Å². The minimum Gasteiger partial charge on any atom is -0.271 e. The minimum atomic E-state index is 0.211. The number of hydrogen-bond acceptors (Lipinski definition) is 4. The van der Waals surface area contributed by atoms with E-state index in [1.54, 1.807) is 11.3 Å². The summed E-state index contributed by atoms with van der Waals surface area (Å²) in [5.74, 6) is 6.60. The van der Waals surface area contributed by atoms with Crippen LogP contribution >= 0.6 is 23.1 Å². The Kier molecular flexibility index (Phi) is 4.83. The number of nitrogens with one attached hydrogen (secondary N) is 1. The molecule has 96 valence electrons. The second-order valence-electron chi connectivity index (χ2n) is 4.28. The molecular formula is C14H18N2S2. The van der Waals surface area contributed by atoms with E-state index in [4.69, 9.17) is 5.84 Å². The van der Waals surface area contributed by atoms with Gasteiger partial charge in [0.25, 0.3) is 0 Å². The number of hydrogen-bond donors (Lipinski definition) is 2. The third-order valence-electron chi connectivity index (χ3n) is 2.91. The zero-order valence-electron chi connectivity index (χ0n) is 10.6. The van der Waals surface area contributed by atoms with E-state index in [0.717, 1.165) is 5.75 Å². The van der Waals surface area contributed by atoms with Crippen LogP contribution in [0.15, 0.2) is 40.6 Å². The molecule has 0 aliphatic carbocycles. The van der Waals surface area contributed by atoms with E-state index in [1.807, 2.05) is 11.8 Å². The quantitative estimate of drug-likeness (QED) is 0.498. The summed E-state index contributed by atoms with van der Waals surface area (Å²) < 4.78 is 0. The van der Waals surface area contributed by atoms with Crippen molar-refractivity contribution in [2.75, 3.05) is 5.75 Å². The van der Waals surface area contributed by atoms with Crippen LogP contribution in [0.3, 0.4) is 0 Å². The summed E-state index contributed by atoms with van der Waals surface area (Å²) in [6.45, 7) is 4.24. The molecule has 0 aliphatic rings. The Morgan fingerprint density at radius 2 is 1.94 bits per heavy atom. The summed E-state index contributed by atoms with van der Waals surface area (Å²) in [5, 5.41) is 2.12. The Morgan fingerprint density at radius 3 is 2.50 bits per heavy atom. The number of benzene rings is 1. The number of rotatable bonds is 5. The molecule has 0 bridgehead atoms. The van der Waals surface area contributed by atoms with E-state index in [1.165, 1.54) is 20.9 Å². The zero-order chi connectivity index (χ0) is 13.0. The van der Waals surface area contributed by atoms with Gasteiger partial charge in [0.15, 0.2) is 0 Å². The van der Waals surface area contributed by atoms with Crippen molar-refractivity contribution in [2.45, 2.75) is 24.8 Å². The monoisotopic (exact) mass is 278 g/mol. The zero-order valence-corrected chi connectivity index (χ0v) is 12.3. The first-order valence-electron chi connectivity index (χ1n) is 5.90. The molecule has 2 aromatic rings. The smallest absolute Gasteiger partial charge is 0.0564 e. The van der Waals surface area contributed by atoms with E-state index in [9.17, 15) is 0 Å². The van der Waals surface area contributed by atoms with Crippen LogP contribution in [0.25, 0.3) is 0 Å². The highest BCUT2D eigenvalue weighted by molar-refractivity contribution is 7.99. The highest BCUT2D eigenvalue weighted by Gasteiger charge is 2.13. The summed E-state index contributed by atoms with van der Waals surface area (Å²) in [6.07, 6.45) is 0. The van der Waals surface area contributed by atoms with E-state index >= 15 is 0 Å². The Morgan fingerprint density at radius 1 is 1.22 bits per heavy atom. The highest BCUT2D eigenvalue weighted by Crippen LogP contribution is 2.28. The lowest BCUT2D eigenvalue weighted by atomic mass is 10.1. The molecule has 2 nitrogen and oxygen atoms in total. The molecule has 0 radical (unpaired) electrons. The average Bonchev–Trinajstić information content (AvgIpc) is 2.79. The first-order chi connectivity index (χ1) is 8.70. The van der Waals surface area contributed by atoms with E-state index in [2.05, 4.69) is 55.0 Å². The number of thiophene rings is 1. The lowest BCUT2D eigenvalue weighted by Gasteiger charge is -2.15. The Labute approximate surface area is 117 Å². The fraction of sp³-hybridized carbons (Fsp3) is 0.286. The molecule has 1 unspecified atom stereocenters. The summed E-state index contributed by atoms with van der Waals surface area (Å²) in [5.41, 5.74) is 5.51. The maximum Gasteiger partial charge on any atom is 0.0564 e. The molecule has 18 heavy (non-hydrogen) atoms. The molecule has 2 rings (SSSR count). The maximum atomic E-state index is 5.66. The molecule has 1 aromatic heterocycles. The SMILES string of the molecule is Cc1ccc(SCC(NN)c2ccsc2C)cc1. The van der Waals surface area contributed by atoms with Crippen molar-refractivity contribution in [3.63, 3.8) is 0 Å². The molecular weight excluding hydrogens is 260 g/mol. The van der Waals surface area contributed by atoms with Gasteiger partial charge >= 0.3 is 0 Å². The van der Waals surface area contributed by atoms with Crippen LogP contribution in [-0.2, 0) is 0 Å². The van der Waals surface area contributed by atoms with Gasteiger partial charge in [0.1, 0.15) is 0 Å². The molecule has 0 spiro atoms. The summed E-state index contributed by atoms with van der Waals surface area (Å²) in [4.78, 5) is 2.62. The molecule has 1 heterocycles. The predicted octanol–water partition coefficient (Wildman–Crippen LogP) is 3.66. The lowest BCUT2D eigenvalue weighted by molar-refractivity contribution is 0.610. The van der Waals surface area contributed by atoms with Crippen LogP contribution in [0.4, 0.5) is 0 Å². The van der Waals surface area contributed by atoms with Gasteiger partial charge in [0.2, 0.25) is 0 Å². The van der Waals surface area contributed by atoms with Gasteiger partial charge in [-0.15, -0.1) is 23.1 Å². The van der Waals surface area contributed by atoms with Crippen molar-refractivity contribution in [1.82, 2.24) is 5.43 Å². The summed E-state index contributed by atoms with van der Waals surface area (Å²) >= 11 is 3.60. The molecule has 0 aliphatic heterocycles. The van der Waals surface area contributed by atoms with Gasteiger partial charge in [-0.2, -0.15) is 0 Å². The normalized spacial score (nSPS) is 12.6. The number of aryl methyl sites for hydroxylation is 2. The Bertz CT molecular complexity index is 491. The largest absolute Gasteiger partial charge is 0.271 e. The molecule has 4 heteroatoms. The lowest BCUT2D eigenvalue weighted by Crippen LogP contribution is -2.29. The van der Waals surface area contributed by atoms with Crippen LogP contribution < -0.4 is 11.3 Å².